The zero-order valence-corrected chi connectivity index (χ0v) is 18.0. The molecule has 2 aromatic rings. The summed E-state index contributed by atoms with van der Waals surface area (Å²) in [6.07, 6.45) is -1.93. The molecule has 0 radical (unpaired) electrons. The lowest BCUT2D eigenvalue weighted by Gasteiger charge is -2.34. The molecule has 0 saturated carbocycles. The fraction of sp³-hybridized carbons (Fsp3) is 0.429. The van der Waals surface area contributed by atoms with Gasteiger partial charge in [0.2, 0.25) is 5.91 Å². The Hall–Kier alpha value is -2.00. The van der Waals surface area contributed by atoms with Crippen molar-refractivity contribution in [3.8, 4) is 0 Å². The molecule has 1 unspecified atom stereocenters. The molecule has 0 aliphatic carbocycles. The maximum atomic E-state index is 14.0. The van der Waals surface area contributed by atoms with Gasteiger partial charge in [0.1, 0.15) is 11.6 Å². The van der Waals surface area contributed by atoms with Gasteiger partial charge >= 0.3 is 6.18 Å². The van der Waals surface area contributed by atoms with Crippen LogP contribution in [0.15, 0.2) is 35.4 Å². The summed E-state index contributed by atoms with van der Waals surface area (Å²) in [6.45, 7) is 0.920. The Bertz CT molecular complexity index is 980. The minimum absolute atomic E-state index is 0.0592. The van der Waals surface area contributed by atoms with Gasteiger partial charge in [0.05, 0.1) is 16.6 Å². The number of benzene rings is 1. The van der Waals surface area contributed by atoms with Crippen LogP contribution in [0.25, 0.3) is 0 Å². The van der Waals surface area contributed by atoms with Crippen LogP contribution < -0.4 is 10.2 Å². The van der Waals surface area contributed by atoms with Gasteiger partial charge in [0.15, 0.2) is 0 Å². The molecular formula is C21H20ClF4N3OS. The quantitative estimate of drug-likeness (QED) is 0.601. The maximum absolute atomic E-state index is 14.0. The lowest BCUT2D eigenvalue weighted by atomic mass is 9.94. The molecule has 31 heavy (non-hydrogen) atoms. The third kappa shape index (κ3) is 4.77. The molecule has 2 aliphatic heterocycles. The van der Waals surface area contributed by atoms with Crippen LogP contribution in [-0.4, -0.2) is 29.7 Å². The minimum atomic E-state index is -4.50. The number of hydrogen-bond acceptors (Lipinski definition) is 4. The Labute approximate surface area is 186 Å². The van der Waals surface area contributed by atoms with Crippen LogP contribution in [0.5, 0.6) is 0 Å². The largest absolute Gasteiger partial charge is 0.417 e. The van der Waals surface area contributed by atoms with Crippen molar-refractivity contribution in [1.82, 2.24) is 10.3 Å². The lowest BCUT2D eigenvalue weighted by molar-refractivity contribution is -0.137. The average Bonchev–Trinajstić information content (AvgIpc) is 2.74. The number of carbonyl (C=O) groups is 1. The Morgan fingerprint density at radius 3 is 2.65 bits per heavy atom. The van der Waals surface area contributed by atoms with Crippen LogP contribution in [0.1, 0.15) is 36.4 Å². The molecule has 1 N–H and O–H groups in total. The summed E-state index contributed by atoms with van der Waals surface area (Å²) in [5.41, 5.74) is -0.0827. The number of pyridine rings is 1. The van der Waals surface area contributed by atoms with Gasteiger partial charge in [-0.3, -0.25) is 4.79 Å². The highest BCUT2D eigenvalue weighted by molar-refractivity contribution is 7.99. The summed E-state index contributed by atoms with van der Waals surface area (Å²) in [7, 11) is 0. The first kappa shape index (κ1) is 22.2. The van der Waals surface area contributed by atoms with Crippen molar-refractivity contribution in [2.24, 2.45) is 5.92 Å². The van der Waals surface area contributed by atoms with Gasteiger partial charge in [0, 0.05) is 35.9 Å². The van der Waals surface area contributed by atoms with Gasteiger partial charge in [-0.1, -0.05) is 23.7 Å². The average molecular weight is 474 g/mol. The zero-order valence-electron chi connectivity index (χ0n) is 16.4. The number of amides is 1. The number of thioether (sulfide) groups is 1. The van der Waals surface area contributed by atoms with Crippen LogP contribution >= 0.6 is 23.4 Å². The van der Waals surface area contributed by atoms with E-state index >= 15 is 0 Å². The van der Waals surface area contributed by atoms with E-state index in [9.17, 15) is 22.4 Å². The lowest BCUT2D eigenvalue weighted by Crippen LogP contribution is -2.42. The summed E-state index contributed by atoms with van der Waals surface area (Å²) >= 11 is 7.50. The van der Waals surface area contributed by atoms with E-state index < -0.39 is 11.7 Å². The summed E-state index contributed by atoms with van der Waals surface area (Å²) in [5, 5.41) is 3.00. The molecule has 4 rings (SSSR count). The highest BCUT2D eigenvalue weighted by Crippen LogP contribution is 2.38. The monoisotopic (exact) mass is 473 g/mol. The van der Waals surface area contributed by atoms with E-state index in [2.05, 4.69) is 10.3 Å². The Balaban J connectivity index is 1.38. The molecule has 4 nitrogen and oxygen atoms in total. The Morgan fingerprint density at radius 1 is 1.23 bits per heavy atom. The van der Waals surface area contributed by atoms with Gasteiger partial charge in [-0.25, -0.2) is 9.37 Å². The summed E-state index contributed by atoms with van der Waals surface area (Å²) in [4.78, 5) is 19.1. The maximum Gasteiger partial charge on any atom is 0.417 e. The summed E-state index contributed by atoms with van der Waals surface area (Å²) < 4.78 is 52.5. The third-order valence-electron chi connectivity index (χ3n) is 5.66. The number of anilines is 1. The normalized spacial score (nSPS) is 19.8. The SMILES string of the molecule is O=C(NC1CCSc2c(F)cccc21)C1CCN(c2ncc(C(F)(F)F)cc2Cl)CC1. The van der Waals surface area contributed by atoms with E-state index in [0.29, 0.717) is 36.6 Å². The second-order valence-corrected chi connectivity index (χ2v) is 9.16. The molecule has 1 fully saturated rings. The summed E-state index contributed by atoms with van der Waals surface area (Å²) in [5.74, 6) is 0.447. The first-order chi connectivity index (χ1) is 14.7. The molecule has 3 heterocycles. The van der Waals surface area contributed by atoms with Crippen molar-refractivity contribution < 1.29 is 22.4 Å². The molecule has 166 valence electrons. The van der Waals surface area contributed by atoms with Crippen molar-refractivity contribution >= 4 is 35.1 Å². The Kier molecular flexibility index (Phi) is 6.35. The first-order valence-electron chi connectivity index (χ1n) is 9.93. The number of carbonyl (C=O) groups excluding carboxylic acids is 1. The van der Waals surface area contributed by atoms with E-state index in [-0.39, 0.29) is 28.7 Å². The van der Waals surface area contributed by atoms with Crippen molar-refractivity contribution in [3.05, 3.63) is 52.4 Å². The second-order valence-electron chi connectivity index (χ2n) is 7.65. The van der Waals surface area contributed by atoms with E-state index in [1.165, 1.54) is 17.8 Å². The highest BCUT2D eigenvalue weighted by Gasteiger charge is 2.33. The van der Waals surface area contributed by atoms with Crippen LogP contribution in [0, 0.1) is 11.7 Å². The molecule has 1 amide bonds. The predicted molar refractivity (Wildman–Crippen MR) is 112 cm³/mol. The molecule has 0 bridgehead atoms. The molecule has 10 heteroatoms. The standard InChI is InChI=1S/C21H20ClF4N3OS/c22-15-10-13(21(24,25)26)11-27-19(15)29-7-4-12(5-8-29)20(30)28-17-6-9-31-18-14(17)2-1-3-16(18)23/h1-3,10-12,17H,4-9H2,(H,28,30). The van der Waals surface area contributed by atoms with E-state index in [4.69, 9.17) is 11.6 Å². The number of nitrogens with one attached hydrogen (secondary N) is 1. The summed E-state index contributed by atoms with van der Waals surface area (Å²) in [6, 6.07) is 5.57. The number of hydrogen-bond donors (Lipinski definition) is 1. The van der Waals surface area contributed by atoms with Crippen LogP contribution in [0.2, 0.25) is 5.02 Å². The third-order valence-corrected chi connectivity index (χ3v) is 7.09. The topological polar surface area (TPSA) is 45.2 Å². The number of piperidine rings is 1. The van der Waals surface area contributed by atoms with Gasteiger partial charge in [-0.2, -0.15) is 13.2 Å². The molecule has 0 spiro atoms. The number of fused-ring (bicyclic) bond motifs is 1. The molecular weight excluding hydrogens is 454 g/mol. The van der Waals surface area contributed by atoms with Gasteiger partial charge in [0.25, 0.3) is 0 Å². The first-order valence-corrected chi connectivity index (χ1v) is 11.3. The smallest absolute Gasteiger partial charge is 0.355 e. The number of aromatic nitrogens is 1. The van der Waals surface area contributed by atoms with Gasteiger partial charge in [-0.15, -0.1) is 11.8 Å². The fourth-order valence-corrected chi connectivity index (χ4v) is 5.42. The Morgan fingerprint density at radius 2 is 1.97 bits per heavy atom. The van der Waals surface area contributed by atoms with Gasteiger partial charge in [-0.05, 0) is 37.0 Å². The van der Waals surface area contributed by atoms with Crippen molar-refractivity contribution in [1.29, 1.82) is 0 Å². The molecule has 1 aromatic heterocycles. The minimum Gasteiger partial charge on any atom is -0.355 e. The number of halogens is 5. The van der Waals surface area contributed by atoms with E-state index in [0.717, 1.165) is 30.0 Å². The molecule has 1 atom stereocenters. The van der Waals surface area contributed by atoms with E-state index in [1.807, 2.05) is 6.07 Å². The van der Waals surface area contributed by atoms with Crippen molar-refractivity contribution in [2.45, 2.75) is 36.4 Å². The second kappa shape index (κ2) is 8.86. The molecule has 2 aliphatic rings. The van der Waals surface area contributed by atoms with Crippen molar-refractivity contribution in [3.63, 3.8) is 0 Å². The highest BCUT2D eigenvalue weighted by atomic mass is 35.5. The van der Waals surface area contributed by atoms with Crippen molar-refractivity contribution in [2.75, 3.05) is 23.7 Å². The fourth-order valence-electron chi connectivity index (χ4n) is 4.00. The van der Waals surface area contributed by atoms with Crippen LogP contribution in [0.4, 0.5) is 23.4 Å². The number of alkyl halides is 3. The van der Waals surface area contributed by atoms with Gasteiger partial charge < -0.3 is 10.2 Å². The van der Waals surface area contributed by atoms with Crippen LogP contribution in [0.3, 0.4) is 0 Å². The number of rotatable bonds is 3. The van der Waals surface area contributed by atoms with E-state index in [1.54, 1.807) is 11.0 Å². The molecule has 1 saturated heterocycles. The zero-order chi connectivity index (χ0) is 22.2. The number of nitrogens with zero attached hydrogens (tertiary/aromatic N) is 2. The van der Waals surface area contributed by atoms with Crippen LogP contribution in [-0.2, 0) is 11.0 Å². The molecule has 1 aromatic carbocycles. The predicted octanol–water partition coefficient (Wildman–Crippen LogP) is 5.46.